The van der Waals surface area contributed by atoms with Crippen molar-refractivity contribution in [1.29, 1.82) is 0 Å². The number of hydrogen-bond donors (Lipinski definition) is 3. The maximum atomic E-state index is 12.1. The summed E-state index contributed by atoms with van der Waals surface area (Å²) in [5, 5.41) is 30.6. The summed E-state index contributed by atoms with van der Waals surface area (Å²) in [6.07, 6.45) is 8.73. The summed E-state index contributed by atoms with van der Waals surface area (Å²) >= 11 is 0. The van der Waals surface area contributed by atoms with Gasteiger partial charge in [-0.3, -0.25) is 4.79 Å². The Kier molecular flexibility index (Phi) is 3.49. The number of aliphatic hydroxyl groups excluding tert-OH is 1. The van der Waals surface area contributed by atoms with Crippen molar-refractivity contribution in [2.45, 2.75) is 77.2 Å². The third-order valence-corrected chi connectivity index (χ3v) is 9.08. The van der Waals surface area contributed by atoms with Crippen molar-refractivity contribution in [2.75, 3.05) is 6.61 Å². The maximum absolute atomic E-state index is 12.1. The summed E-state index contributed by atoms with van der Waals surface area (Å²) < 4.78 is 0. The zero-order valence-electron chi connectivity index (χ0n) is 15.1. The van der Waals surface area contributed by atoms with Gasteiger partial charge in [0.15, 0.2) is 0 Å². The molecule has 7 atom stereocenters. The Morgan fingerprint density at radius 3 is 2.50 bits per heavy atom. The van der Waals surface area contributed by atoms with E-state index in [1.54, 1.807) is 0 Å². The van der Waals surface area contributed by atoms with Gasteiger partial charge in [-0.2, -0.15) is 0 Å². The van der Waals surface area contributed by atoms with Crippen molar-refractivity contribution < 1.29 is 20.1 Å². The zero-order valence-corrected chi connectivity index (χ0v) is 15.1. The van der Waals surface area contributed by atoms with Crippen molar-refractivity contribution in [3.63, 3.8) is 0 Å². The van der Waals surface area contributed by atoms with Crippen LogP contribution < -0.4 is 0 Å². The number of aliphatic hydroxyl groups is 2. The van der Waals surface area contributed by atoms with E-state index in [1.807, 2.05) is 6.92 Å². The highest BCUT2D eigenvalue weighted by atomic mass is 16.4. The second kappa shape index (κ2) is 4.97. The van der Waals surface area contributed by atoms with Crippen LogP contribution in [-0.4, -0.2) is 33.5 Å². The van der Waals surface area contributed by atoms with Gasteiger partial charge in [-0.1, -0.05) is 13.3 Å². The van der Waals surface area contributed by atoms with Crippen LogP contribution in [0.4, 0.5) is 0 Å². The van der Waals surface area contributed by atoms with Crippen LogP contribution in [0.5, 0.6) is 0 Å². The minimum atomic E-state index is -0.900. The summed E-state index contributed by atoms with van der Waals surface area (Å²) in [7, 11) is 0. The fourth-order valence-electron chi connectivity index (χ4n) is 8.06. The van der Waals surface area contributed by atoms with Crippen molar-refractivity contribution >= 4 is 5.97 Å². The highest BCUT2D eigenvalue weighted by molar-refractivity contribution is 5.75. The molecule has 24 heavy (non-hydrogen) atoms. The van der Waals surface area contributed by atoms with Gasteiger partial charge in [-0.25, -0.2) is 0 Å². The highest BCUT2D eigenvalue weighted by Crippen LogP contribution is 2.72. The molecule has 2 bridgehead atoms. The first kappa shape index (κ1) is 16.8. The summed E-state index contributed by atoms with van der Waals surface area (Å²) in [5.74, 6) is 0.348. The third kappa shape index (κ3) is 1.90. The molecule has 4 nitrogen and oxygen atoms in total. The van der Waals surface area contributed by atoms with Crippen LogP contribution in [0.25, 0.3) is 0 Å². The second-order valence-corrected chi connectivity index (χ2v) is 10.0. The van der Waals surface area contributed by atoms with Crippen molar-refractivity contribution in [3.8, 4) is 0 Å². The van der Waals surface area contributed by atoms with E-state index in [-0.39, 0.29) is 29.3 Å². The van der Waals surface area contributed by atoms with Gasteiger partial charge in [0, 0.05) is 0 Å². The van der Waals surface area contributed by atoms with Crippen molar-refractivity contribution in [3.05, 3.63) is 0 Å². The molecular weight excluding hydrogens is 304 g/mol. The van der Waals surface area contributed by atoms with Gasteiger partial charge in [0.25, 0.3) is 0 Å². The lowest BCUT2D eigenvalue weighted by atomic mass is 9.41. The molecule has 1 spiro atoms. The molecule has 0 unspecified atom stereocenters. The molecule has 0 aromatic rings. The number of carboxylic acids is 1. The third-order valence-electron chi connectivity index (χ3n) is 9.08. The monoisotopic (exact) mass is 336 g/mol. The Balaban J connectivity index is 1.73. The SMILES string of the molecule is C[C@@]12CCC[C@@](C)(C(=O)O)[C@H]1CC[C@]13C[C@@H](CC[C@@H]12)[C@@](O)(CO)C3. The van der Waals surface area contributed by atoms with E-state index in [2.05, 4.69) is 6.92 Å². The van der Waals surface area contributed by atoms with Gasteiger partial charge in [0.2, 0.25) is 0 Å². The van der Waals surface area contributed by atoms with E-state index < -0.39 is 17.0 Å². The first-order valence-electron chi connectivity index (χ1n) is 9.77. The summed E-state index contributed by atoms with van der Waals surface area (Å²) in [5.41, 5.74) is -1.31. The van der Waals surface area contributed by atoms with Gasteiger partial charge in [0.05, 0.1) is 17.6 Å². The summed E-state index contributed by atoms with van der Waals surface area (Å²) in [4.78, 5) is 12.1. The number of carboxylic acid groups (broad SMARTS) is 1. The van der Waals surface area contributed by atoms with Crippen molar-refractivity contribution in [1.82, 2.24) is 0 Å². The lowest BCUT2D eigenvalue weighted by molar-refractivity contribution is -0.181. The molecule has 0 aliphatic heterocycles. The number of carbonyl (C=O) groups is 1. The molecule has 0 aromatic heterocycles. The van der Waals surface area contributed by atoms with E-state index >= 15 is 0 Å². The molecule has 4 rings (SSSR count). The van der Waals surface area contributed by atoms with Gasteiger partial charge in [0.1, 0.15) is 0 Å². The Hall–Kier alpha value is -0.610. The molecule has 0 radical (unpaired) electrons. The average Bonchev–Trinajstić information content (AvgIpc) is 2.73. The molecule has 0 heterocycles. The van der Waals surface area contributed by atoms with Crippen LogP contribution in [0.15, 0.2) is 0 Å². The van der Waals surface area contributed by atoms with E-state index in [1.165, 1.54) is 0 Å². The average molecular weight is 336 g/mol. The molecule has 4 aliphatic rings. The first-order valence-corrected chi connectivity index (χ1v) is 9.77. The Bertz CT molecular complexity index is 562. The van der Waals surface area contributed by atoms with E-state index in [4.69, 9.17) is 0 Å². The fourth-order valence-corrected chi connectivity index (χ4v) is 8.06. The van der Waals surface area contributed by atoms with E-state index in [0.717, 1.165) is 57.8 Å². The molecule has 3 N–H and O–H groups in total. The number of aliphatic carboxylic acids is 1. The standard InChI is InChI=1S/C20H32O4/c1-17-7-3-8-18(2,16(22)23)14(17)6-9-19-10-13(4-5-15(17)19)20(24,11-19)12-21/h13-15,21,24H,3-12H2,1-2H3,(H,22,23)/t13-,14+,15-,17-,18-,19-,20+/m1/s1. The predicted octanol–water partition coefficient (Wildman–Crippen LogP) is 3.21. The minimum Gasteiger partial charge on any atom is -0.481 e. The van der Waals surface area contributed by atoms with Gasteiger partial charge >= 0.3 is 5.97 Å². The quantitative estimate of drug-likeness (QED) is 0.723. The van der Waals surface area contributed by atoms with Crippen LogP contribution >= 0.6 is 0 Å². The number of rotatable bonds is 2. The molecule has 0 amide bonds. The summed E-state index contributed by atoms with van der Waals surface area (Å²) in [6.45, 7) is 4.19. The lowest BCUT2D eigenvalue weighted by Crippen LogP contribution is -2.58. The molecule has 4 aliphatic carbocycles. The van der Waals surface area contributed by atoms with Crippen molar-refractivity contribution in [2.24, 2.45) is 34.0 Å². The Labute approximate surface area is 144 Å². The normalized spacial score (nSPS) is 56.4. The molecule has 4 fully saturated rings. The minimum absolute atomic E-state index is 0.0648. The second-order valence-electron chi connectivity index (χ2n) is 10.0. The van der Waals surface area contributed by atoms with E-state index in [0.29, 0.717) is 5.92 Å². The first-order chi connectivity index (χ1) is 11.2. The van der Waals surface area contributed by atoms with Crippen LogP contribution in [0.3, 0.4) is 0 Å². The van der Waals surface area contributed by atoms with E-state index in [9.17, 15) is 20.1 Å². The van der Waals surface area contributed by atoms with Crippen LogP contribution in [0.2, 0.25) is 0 Å². The Morgan fingerprint density at radius 1 is 1.08 bits per heavy atom. The topological polar surface area (TPSA) is 77.8 Å². The largest absolute Gasteiger partial charge is 0.481 e. The van der Waals surface area contributed by atoms with Gasteiger partial charge < -0.3 is 15.3 Å². The molecular formula is C20H32O4. The number of hydrogen-bond acceptors (Lipinski definition) is 3. The lowest BCUT2D eigenvalue weighted by Gasteiger charge is -2.63. The molecule has 4 heteroatoms. The summed E-state index contributed by atoms with van der Waals surface area (Å²) in [6, 6.07) is 0. The molecule has 4 saturated carbocycles. The van der Waals surface area contributed by atoms with Gasteiger partial charge in [-0.05, 0) is 86.9 Å². The molecule has 136 valence electrons. The smallest absolute Gasteiger partial charge is 0.309 e. The fraction of sp³-hybridized carbons (Fsp3) is 0.950. The van der Waals surface area contributed by atoms with Gasteiger partial charge in [-0.15, -0.1) is 0 Å². The Morgan fingerprint density at radius 2 is 1.83 bits per heavy atom. The van der Waals surface area contributed by atoms with Crippen LogP contribution in [0, 0.1) is 34.0 Å². The van der Waals surface area contributed by atoms with Crippen LogP contribution in [0.1, 0.15) is 71.6 Å². The zero-order chi connectivity index (χ0) is 17.4. The maximum Gasteiger partial charge on any atom is 0.309 e. The highest BCUT2D eigenvalue weighted by Gasteiger charge is 2.68. The predicted molar refractivity (Wildman–Crippen MR) is 90.3 cm³/mol. The molecule has 0 saturated heterocycles. The number of fused-ring (bicyclic) bond motifs is 3. The van der Waals surface area contributed by atoms with Crippen LogP contribution in [-0.2, 0) is 4.79 Å². The molecule has 0 aromatic carbocycles.